The van der Waals surface area contributed by atoms with Gasteiger partial charge in [-0.2, -0.15) is 13.2 Å². The molecule has 0 aliphatic carbocycles. The minimum Gasteiger partial charge on any atom is -0.355 e. The normalized spacial score (nSPS) is 12.5. The number of rotatable bonds is 11. The fourth-order valence-corrected chi connectivity index (χ4v) is 5.87. The molecule has 0 unspecified atom stereocenters. The Hall–Kier alpha value is -3.57. The van der Waals surface area contributed by atoms with Crippen LogP contribution < -0.4 is 9.62 Å². The van der Waals surface area contributed by atoms with Crippen molar-refractivity contribution in [2.45, 2.75) is 50.9 Å². The lowest BCUT2D eigenvalue weighted by molar-refractivity contribution is -0.140. The van der Waals surface area contributed by atoms with Gasteiger partial charge in [0, 0.05) is 13.1 Å². The largest absolute Gasteiger partial charge is 0.417 e. The van der Waals surface area contributed by atoms with Crippen LogP contribution in [0.3, 0.4) is 0 Å². The summed E-state index contributed by atoms with van der Waals surface area (Å²) in [5, 5.41) is 2.07. The first kappa shape index (κ1) is 32.0. The molecule has 2 amide bonds. The number of nitrogens with one attached hydrogen (secondary N) is 1. The number of aryl methyl sites for hydroxylation is 1. The molecule has 1 atom stereocenters. The zero-order valence-electron chi connectivity index (χ0n) is 22.8. The lowest BCUT2D eigenvalue weighted by atomic mass is 10.1. The van der Waals surface area contributed by atoms with Gasteiger partial charge in [0.25, 0.3) is 10.0 Å². The van der Waals surface area contributed by atoms with Crippen LogP contribution in [-0.2, 0) is 32.3 Å². The molecule has 12 heteroatoms. The fourth-order valence-electron chi connectivity index (χ4n) is 4.24. The monoisotopic (exact) mass is 609 g/mol. The number of hydrogen-bond acceptors (Lipinski definition) is 4. The summed E-state index contributed by atoms with van der Waals surface area (Å²) in [6.07, 6.45) is -4.66. The molecule has 220 valence electrons. The highest BCUT2D eigenvalue weighted by Crippen LogP contribution is 2.38. The van der Waals surface area contributed by atoms with Crippen LogP contribution in [-0.4, -0.2) is 44.3 Å². The molecule has 0 spiro atoms. The molecular formula is C29H31ClF3N3O4S. The third-order valence-corrected chi connectivity index (χ3v) is 8.48. The molecule has 0 heterocycles. The van der Waals surface area contributed by atoms with E-state index in [0.29, 0.717) is 22.5 Å². The second-order valence-corrected chi connectivity index (χ2v) is 11.6. The van der Waals surface area contributed by atoms with Gasteiger partial charge in [0.2, 0.25) is 11.8 Å². The number of carbonyl (C=O) groups is 2. The Labute approximate surface area is 243 Å². The Morgan fingerprint density at radius 3 is 2.17 bits per heavy atom. The van der Waals surface area contributed by atoms with Crippen LogP contribution >= 0.6 is 11.6 Å². The van der Waals surface area contributed by atoms with Gasteiger partial charge in [-0.05, 0) is 56.2 Å². The highest BCUT2D eigenvalue weighted by atomic mass is 35.5. The molecule has 0 radical (unpaired) electrons. The molecule has 7 nitrogen and oxygen atoms in total. The molecule has 3 rings (SSSR count). The van der Waals surface area contributed by atoms with Crippen LogP contribution in [0.2, 0.25) is 5.02 Å². The molecule has 0 bridgehead atoms. The third kappa shape index (κ3) is 7.80. The predicted molar refractivity (Wildman–Crippen MR) is 152 cm³/mol. The van der Waals surface area contributed by atoms with Gasteiger partial charge in [0.1, 0.15) is 12.6 Å². The minimum absolute atomic E-state index is 0.0256. The number of carbonyl (C=O) groups excluding carboxylic acids is 2. The number of nitrogens with zero attached hydrogens (tertiary/aromatic N) is 2. The summed E-state index contributed by atoms with van der Waals surface area (Å²) in [5.74, 6) is -1.20. The van der Waals surface area contributed by atoms with Crippen LogP contribution in [0.5, 0.6) is 0 Å². The molecule has 0 aliphatic rings. The molecule has 0 saturated heterocycles. The summed E-state index contributed by atoms with van der Waals surface area (Å²) in [6.45, 7) is 4.60. The second-order valence-electron chi connectivity index (χ2n) is 9.31. The van der Waals surface area contributed by atoms with Gasteiger partial charge in [-0.25, -0.2) is 8.42 Å². The molecule has 0 aliphatic heterocycles. The maximum absolute atomic E-state index is 13.9. The van der Waals surface area contributed by atoms with Crippen molar-refractivity contribution < 1.29 is 31.2 Å². The van der Waals surface area contributed by atoms with E-state index in [1.54, 1.807) is 63.2 Å². The number of likely N-dealkylation sites (N-methyl/N-ethyl adjacent to an activating group) is 1. The van der Waals surface area contributed by atoms with Crippen LogP contribution in [0.1, 0.15) is 37.0 Å². The SMILES string of the molecule is CCNC(=O)[C@H](CC)N(Cc1ccccc1)C(=O)CN(c1ccc(Cl)c(C(F)(F)F)c1)S(=O)(=O)c1ccc(C)cc1. The zero-order valence-corrected chi connectivity index (χ0v) is 24.4. The Balaban J connectivity index is 2.14. The van der Waals surface area contributed by atoms with E-state index in [-0.39, 0.29) is 17.9 Å². The number of amides is 2. The van der Waals surface area contributed by atoms with Crippen molar-refractivity contribution in [2.75, 3.05) is 17.4 Å². The zero-order chi connectivity index (χ0) is 30.4. The predicted octanol–water partition coefficient (Wildman–Crippen LogP) is 5.81. The topological polar surface area (TPSA) is 86.8 Å². The van der Waals surface area contributed by atoms with Crippen LogP contribution in [0.4, 0.5) is 18.9 Å². The number of halogens is 4. The Kier molecular flexibility index (Phi) is 10.4. The molecule has 0 aromatic heterocycles. The number of hydrogen-bond donors (Lipinski definition) is 1. The van der Waals surface area contributed by atoms with Crippen LogP contribution in [0, 0.1) is 6.92 Å². The number of alkyl halides is 3. The first-order valence-electron chi connectivity index (χ1n) is 12.9. The molecule has 41 heavy (non-hydrogen) atoms. The Morgan fingerprint density at radius 2 is 1.61 bits per heavy atom. The van der Waals surface area contributed by atoms with Crippen molar-refractivity contribution in [3.63, 3.8) is 0 Å². The molecular weight excluding hydrogens is 579 g/mol. The Morgan fingerprint density at radius 1 is 0.976 bits per heavy atom. The van der Waals surface area contributed by atoms with Crippen molar-refractivity contribution in [3.8, 4) is 0 Å². The van der Waals surface area contributed by atoms with E-state index < -0.39 is 56.9 Å². The van der Waals surface area contributed by atoms with E-state index in [0.717, 1.165) is 17.7 Å². The van der Waals surface area contributed by atoms with Gasteiger partial charge in [0.15, 0.2) is 0 Å². The number of sulfonamides is 1. The smallest absolute Gasteiger partial charge is 0.355 e. The first-order valence-corrected chi connectivity index (χ1v) is 14.7. The maximum Gasteiger partial charge on any atom is 0.417 e. The lowest BCUT2D eigenvalue weighted by Gasteiger charge is -2.33. The standard InChI is InChI=1S/C29H31ClF3N3O4S/c1-4-26(28(38)34-5-2)35(18-21-9-7-6-8-10-21)27(37)19-36(41(39,40)23-14-11-20(3)12-15-23)22-13-16-25(30)24(17-22)29(31,32)33/h6-17,26H,4-5,18-19H2,1-3H3,(H,34,38)/t26-/m0/s1. The van der Waals surface area contributed by atoms with Crippen molar-refractivity contribution in [2.24, 2.45) is 0 Å². The quantitative estimate of drug-likeness (QED) is 0.297. The van der Waals surface area contributed by atoms with Gasteiger partial charge < -0.3 is 10.2 Å². The van der Waals surface area contributed by atoms with E-state index in [1.165, 1.54) is 17.0 Å². The number of benzene rings is 3. The van der Waals surface area contributed by atoms with E-state index in [4.69, 9.17) is 11.6 Å². The van der Waals surface area contributed by atoms with Crippen molar-refractivity contribution >= 4 is 39.1 Å². The average molecular weight is 610 g/mol. The maximum atomic E-state index is 13.9. The van der Waals surface area contributed by atoms with Gasteiger partial charge in [-0.3, -0.25) is 13.9 Å². The highest BCUT2D eigenvalue weighted by Gasteiger charge is 2.37. The third-order valence-electron chi connectivity index (χ3n) is 6.36. The van der Waals surface area contributed by atoms with E-state index in [2.05, 4.69) is 5.32 Å². The van der Waals surface area contributed by atoms with Crippen molar-refractivity contribution in [3.05, 3.63) is 94.5 Å². The lowest BCUT2D eigenvalue weighted by Crippen LogP contribution is -2.52. The minimum atomic E-state index is -4.87. The average Bonchev–Trinajstić information content (AvgIpc) is 2.92. The van der Waals surface area contributed by atoms with Crippen molar-refractivity contribution in [1.29, 1.82) is 0 Å². The fraction of sp³-hybridized carbons (Fsp3) is 0.310. The Bertz CT molecular complexity index is 1470. The number of anilines is 1. The molecule has 3 aromatic rings. The van der Waals surface area contributed by atoms with Crippen molar-refractivity contribution in [1.82, 2.24) is 10.2 Å². The molecule has 0 saturated carbocycles. The van der Waals surface area contributed by atoms with E-state index in [9.17, 15) is 31.2 Å². The first-order chi connectivity index (χ1) is 19.3. The van der Waals surface area contributed by atoms with Gasteiger partial charge in [-0.1, -0.05) is 66.6 Å². The van der Waals surface area contributed by atoms with Gasteiger partial charge in [-0.15, -0.1) is 0 Å². The summed E-state index contributed by atoms with van der Waals surface area (Å²) in [5.41, 5.74) is -0.203. The van der Waals surface area contributed by atoms with E-state index >= 15 is 0 Å². The second kappa shape index (κ2) is 13.4. The molecule has 0 fully saturated rings. The summed E-state index contributed by atoms with van der Waals surface area (Å²) >= 11 is 5.80. The highest BCUT2D eigenvalue weighted by molar-refractivity contribution is 7.92. The summed E-state index contributed by atoms with van der Waals surface area (Å²) < 4.78 is 69.5. The van der Waals surface area contributed by atoms with Gasteiger partial charge in [0.05, 0.1) is 21.2 Å². The summed E-state index contributed by atoms with van der Waals surface area (Å²) in [7, 11) is -4.54. The van der Waals surface area contributed by atoms with Gasteiger partial charge >= 0.3 is 6.18 Å². The molecule has 3 aromatic carbocycles. The summed E-state index contributed by atoms with van der Waals surface area (Å²) in [4.78, 5) is 27.9. The molecule has 1 N–H and O–H groups in total. The van der Waals surface area contributed by atoms with Crippen LogP contribution in [0.15, 0.2) is 77.7 Å². The van der Waals surface area contributed by atoms with Crippen LogP contribution in [0.25, 0.3) is 0 Å². The van der Waals surface area contributed by atoms with E-state index in [1.807, 2.05) is 0 Å². The summed E-state index contributed by atoms with van der Waals surface area (Å²) in [6, 6.07) is 16.2.